The molecule has 2 unspecified atom stereocenters. The second-order valence-corrected chi connectivity index (χ2v) is 10.5. The van der Waals surface area contributed by atoms with Crippen molar-refractivity contribution >= 4 is 11.7 Å². The van der Waals surface area contributed by atoms with Crippen LogP contribution in [0.2, 0.25) is 0 Å². The lowest BCUT2D eigenvalue weighted by molar-refractivity contribution is 0.100. The molecule has 1 amide bonds. The number of benzene rings is 2. The van der Waals surface area contributed by atoms with Crippen LogP contribution in [0.5, 0.6) is 11.5 Å². The molecule has 2 aromatic carbocycles. The maximum Gasteiger partial charge on any atom is 0.254 e. The predicted molar refractivity (Wildman–Crippen MR) is 140 cm³/mol. The van der Waals surface area contributed by atoms with E-state index in [4.69, 9.17) is 15.6 Å². The van der Waals surface area contributed by atoms with Crippen LogP contribution in [0, 0.1) is 5.92 Å². The van der Waals surface area contributed by atoms with E-state index >= 15 is 0 Å². The fourth-order valence-electron chi connectivity index (χ4n) is 4.79. The van der Waals surface area contributed by atoms with Gasteiger partial charge in [0.2, 0.25) is 0 Å². The van der Waals surface area contributed by atoms with E-state index in [1.807, 2.05) is 41.1 Å². The molecular weight excluding hydrogens is 436 g/mol. The summed E-state index contributed by atoms with van der Waals surface area (Å²) >= 11 is 0. The van der Waals surface area contributed by atoms with E-state index in [0.717, 1.165) is 17.7 Å². The zero-order chi connectivity index (χ0) is 24.7. The number of nitrogens with zero attached hydrogens (tertiary/aromatic N) is 2. The number of primary amides is 1. The van der Waals surface area contributed by atoms with Gasteiger partial charge in [0.1, 0.15) is 28.6 Å². The van der Waals surface area contributed by atoms with Crippen LogP contribution in [-0.2, 0) is 12.0 Å². The van der Waals surface area contributed by atoms with E-state index in [2.05, 4.69) is 63.4 Å². The number of hydrogen-bond acceptors (Lipinski definition) is 4. The van der Waals surface area contributed by atoms with Crippen molar-refractivity contribution < 1.29 is 9.53 Å². The molecule has 2 atom stereocenters. The Morgan fingerprint density at radius 3 is 2.37 bits per heavy atom. The number of aryl methyl sites for hydroxylation is 1. The second-order valence-electron chi connectivity index (χ2n) is 10.5. The molecule has 0 radical (unpaired) electrons. The van der Waals surface area contributed by atoms with Crippen LogP contribution in [-0.4, -0.2) is 21.7 Å². The number of nitrogens with two attached hydrogens (primary N) is 1. The van der Waals surface area contributed by atoms with Gasteiger partial charge in [-0.3, -0.25) is 4.79 Å². The van der Waals surface area contributed by atoms with Gasteiger partial charge in [-0.25, -0.2) is 4.68 Å². The highest BCUT2D eigenvalue weighted by Crippen LogP contribution is 2.35. The molecule has 0 spiro atoms. The van der Waals surface area contributed by atoms with Gasteiger partial charge in [-0.15, -0.1) is 0 Å². The third-order valence-corrected chi connectivity index (χ3v) is 6.76. The van der Waals surface area contributed by atoms with Crippen molar-refractivity contribution in [1.29, 1.82) is 0 Å². The number of ether oxygens (including phenoxy) is 1. The summed E-state index contributed by atoms with van der Waals surface area (Å²) in [5.41, 5.74) is 10.3. The van der Waals surface area contributed by atoms with Gasteiger partial charge in [0.05, 0.1) is 6.04 Å². The zero-order valence-corrected chi connectivity index (χ0v) is 20.7. The summed E-state index contributed by atoms with van der Waals surface area (Å²) in [6.45, 7) is 9.39. The van der Waals surface area contributed by atoms with Gasteiger partial charge in [0, 0.05) is 18.0 Å². The highest BCUT2D eigenvalue weighted by Gasteiger charge is 2.30. The van der Waals surface area contributed by atoms with Gasteiger partial charge in [-0.1, -0.05) is 56.7 Å². The summed E-state index contributed by atoms with van der Waals surface area (Å²) in [6, 6.07) is 15.9. The highest BCUT2D eigenvalue weighted by molar-refractivity contribution is 6.03. The highest BCUT2D eigenvalue weighted by atomic mass is 16.5. The molecule has 1 aliphatic carbocycles. The number of rotatable bonds is 4. The van der Waals surface area contributed by atoms with E-state index in [1.54, 1.807) is 0 Å². The molecule has 1 aromatic heterocycles. The van der Waals surface area contributed by atoms with Gasteiger partial charge < -0.3 is 15.8 Å². The molecular formula is C29H32N4O2. The van der Waals surface area contributed by atoms with Gasteiger partial charge in [0.25, 0.3) is 5.91 Å². The zero-order valence-electron chi connectivity index (χ0n) is 20.7. The van der Waals surface area contributed by atoms with E-state index in [-0.39, 0.29) is 11.5 Å². The molecule has 3 N–H and O–H groups in total. The molecule has 6 heteroatoms. The Kier molecular flexibility index (Phi) is 5.75. The molecule has 2 aliphatic rings. The Labute approximate surface area is 206 Å². The third kappa shape index (κ3) is 4.61. The maximum atomic E-state index is 12.5. The van der Waals surface area contributed by atoms with Gasteiger partial charge in [-0.05, 0) is 60.7 Å². The average Bonchev–Trinajstić information content (AvgIpc) is 3.08. The number of hydrogen-bond donors (Lipinski definition) is 2. The van der Waals surface area contributed by atoms with Crippen LogP contribution in [0.3, 0.4) is 0 Å². The van der Waals surface area contributed by atoms with E-state index in [9.17, 15) is 4.79 Å². The number of carbonyl (C=O) groups is 1. The molecule has 180 valence electrons. The molecule has 2 heterocycles. The molecule has 35 heavy (non-hydrogen) atoms. The van der Waals surface area contributed by atoms with Gasteiger partial charge in [0.15, 0.2) is 0 Å². The summed E-state index contributed by atoms with van der Waals surface area (Å²) in [5.74, 6) is 2.06. The first kappa shape index (κ1) is 23.0. The summed E-state index contributed by atoms with van der Waals surface area (Å²) in [5, 5.41) is 8.32. The van der Waals surface area contributed by atoms with Crippen LogP contribution in [0.15, 0.2) is 72.3 Å². The number of nitrogens with one attached hydrogen (secondary N) is 1. The van der Waals surface area contributed by atoms with E-state index in [1.165, 1.54) is 11.1 Å². The summed E-state index contributed by atoms with van der Waals surface area (Å²) in [7, 11) is 0. The van der Waals surface area contributed by atoms with Crippen molar-refractivity contribution in [2.75, 3.05) is 5.32 Å². The van der Waals surface area contributed by atoms with Crippen molar-refractivity contribution in [2.24, 2.45) is 11.7 Å². The molecule has 0 saturated carbocycles. The monoisotopic (exact) mass is 468 g/mol. The van der Waals surface area contributed by atoms with Crippen LogP contribution < -0.4 is 15.8 Å². The number of carbonyl (C=O) groups excluding carboxylic acids is 1. The molecule has 6 nitrogen and oxygen atoms in total. The maximum absolute atomic E-state index is 12.5. The van der Waals surface area contributed by atoms with Crippen LogP contribution in [0.1, 0.15) is 50.0 Å². The number of amides is 1. The average molecular weight is 469 g/mol. The second kappa shape index (κ2) is 8.77. The minimum atomic E-state index is -0.488. The number of allylic oxidation sites excluding steroid dienone is 2. The van der Waals surface area contributed by atoms with Crippen molar-refractivity contribution in [3.05, 3.63) is 83.5 Å². The third-order valence-electron chi connectivity index (χ3n) is 6.76. The SMILES string of the molecule is CC1=CC2CCn3nc(-c4ccc(Oc5ccc(C(C)(C)C)cc5)cc4)c(C(N)=O)c3NC2C=C1. The molecule has 0 bridgehead atoms. The lowest BCUT2D eigenvalue weighted by atomic mass is 9.87. The molecule has 1 aliphatic heterocycles. The summed E-state index contributed by atoms with van der Waals surface area (Å²) < 4.78 is 7.92. The minimum absolute atomic E-state index is 0.0970. The Morgan fingerprint density at radius 2 is 1.74 bits per heavy atom. The lowest BCUT2D eigenvalue weighted by Gasteiger charge is -2.24. The fourth-order valence-corrected chi connectivity index (χ4v) is 4.79. The Balaban J connectivity index is 1.40. The topological polar surface area (TPSA) is 82.2 Å². The Morgan fingerprint density at radius 1 is 1.09 bits per heavy atom. The van der Waals surface area contributed by atoms with E-state index < -0.39 is 5.91 Å². The molecule has 3 aromatic rings. The first-order valence-electron chi connectivity index (χ1n) is 12.1. The van der Waals surface area contributed by atoms with Crippen LogP contribution >= 0.6 is 0 Å². The fraction of sp³-hybridized carbons (Fsp3) is 0.310. The standard InChI is InChI=1S/C29H32N4O2/c1-18-5-14-24-20(17-18)15-16-33-28(31-24)25(27(30)34)26(32-33)19-6-10-22(11-7-19)35-23-12-8-21(9-13-23)29(2,3)4/h5-14,17,20,24,31H,15-16H2,1-4H3,(H2,30,34). The normalized spacial score (nSPS) is 19.1. The first-order valence-corrected chi connectivity index (χ1v) is 12.1. The van der Waals surface area contributed by atoms with Crippen molar-refractivity contribution in [1.82, 2.24) is 9.78 Å². The first-order chi connectivity index (χ1) is 16.7. The van der Waals surface area contributed by atoms with E-state index in [0.29, 0.717) is 35.3 Å². The van der Waals surface area contributed by atoms with Crippen LogP contribution in [0.25, 0.3) is 11.3 Å². The molecule has 0 fully saturated rings. The summed E-state index contributed by atoms with van der Waals surface area (Å²) in [4.78, 5) is 12.5. The van der Waals surface area contributed by atoms with Crippen LogP contribution in [0.4, 0.5) is 5.82 Å². The number of aromatic nitrogens is 2. The molecule has 5 rings (SSSR count). The number of fused-ring (bicyclic) bond motifs is 2. The quantitative estimate of drug-likeness (QED) is 0.488. The van der Waals surface area contributed by atoms with Crippen molar-refractivity contribution in [3.8, 4) is 22.8 Å². The smallest absolute Gasteiger partial charge is 0.254 e. The van der Waals surface area contributed by atoms with Gasteiger partial charge >= 0.3 is 0 Å². The lowest BCUT2D eigenvalue weighted by Crippen LogP contribution is -2.27. The Hall–Kier alpha value is -3.80. The minimum Gasteiger partial charge on any atom is -0.457 e. The van der Waals surface area contributed by atoms with Gasteiger partial charge in [-0.2, -0.15) is 5.10 Å². The number of anilines is 1. The predicted octanol–water partition coefficient (Wildman–Crippen LogP) is 6.06. The summed E-state index contributed by atoms with van der Waals surface area (Å²) in [6.07, 6.45) is 7.49. The van der Waals surface area contributed by atoms with Crippen molar-refractivity contribution in [3.63, 3.8) is 0 Å². The Bertz CT molecular complexity index is 1310. The van der Waals surface area contributed by atoms with Crippen molar-refractivity contribution in [2.45, 2.75) is 52.1 Å². The largest absolute Gasteiger partial charge is 0.457 e. The molecule has 0 saturated heterocycles.